The molecule has 0 fully saturated rings. The largest absolute Gasteiger partial charge is 0.444 e. The van der Waals surface area contributed by atoms with E-state index in [0.717, 1.165) is 4.90 Å². The highest BCUT2D eigenvalue weighted by molar-refractivity contribution is 9.10. The quantitative estimate of drug-likeness (QED) is 0.694. The normalized spacial score (nSPS) is 17.9. The number of aromatic nitrogens is 1. The van der Waals surface area contributed by atoms with Crippen LogP contribution in [-0.2, 0) is 4.74 Å². The molecule has 1 aliphatic heterocycles. The third-order valence-corrected chi connectivity index (χ3v) is 3.42. The van der Waals surface area contributed by atoms with Crippen molar-refractivity contribution in [2.75, 3.05) is 13.1 Å². The van der Waals surface area contributed by atoms with E-state index < -0.39 is 24.2 Å². The molecule has 0 saturated carbocycles. The molecular formula is C15H17BrF2N2O2. The summed E-state index contributed by atoms with van der Waals surface area (Å²) in [5.41, 5.74) is -0.433. The van der Waals surface area contributed by atoms with Crippen LogP contribution in [0.1, 0.15) is 26.3 Å². The van der Waals surface area contributed by atoms with Gasteiger partial charge in [0, 0.05) is 18.3 Å². The Labute approximate surface area is 136 Å². The summed E-state index contributed by atoms with van der Waals surface area (Å²) in [6.07, 6.45) is 2.07. The van der Waals surface area contributed by atoms with Gasteiger partial charge in [0.2, 0.25) is 0 Å². The predicted molar refractivity (Wildman–Crippen MR) is 82.7 cm³/mol. The minimum absolute atomic E-state index is 0.0831. The summed E-state index contributed by atoms with van der Waals surface area (Å²) in [5, 5.41) is 0. The lowest BCUT2D eigenvalue weighted by Crippen LogP contribution is -2.46. The van der Waals surface area contributed by atoms with E-state index in [9.17, 15) is 13.6 Å². The first-order valence-electron chi connectivity index (χ1n) is 6.77. The van der Waals surface area contributed by atoms with E-state index in [0.29, 0.717) is 10.2 Å². The Balaban J connectivity index is 2.22. The summed E-state index contributed by atoms with van der Waals surface area (Å²) in [7, 11) is 0. The number of hydrogen-bond donors (Lipinski definition) is 0. The lowest BCUT2D eigenvalue weighted by molar-refractivity contribution is -0.0105. The number of nitrogens with zero attached hydrogens (tertiary/aromatic N) is 2. The molecule has 2 heterocycles. The maximum Gasteiger partial charge on any atom is 0.410 e. The molecule has 0 unspecified atom stereocenters. The molecule has 2 rings (SSSR count). The van der Waals surface area contributed by atoms with Gasteiger partial charge in [-0.2, -0.15) is 8.78 Å². The number of carbonyl (C=O) groups excluding carboxylic acids is 1. The maximum atomic E-state index is 14.4. The van der Waals surface area contributed by atoms with Crippen LogP contribution in [0.15, 0.2) is 29.0 Å². The van der Waals surface area contributed by atoms with E-state index in [1.807, 2.05) is 0 Å². The molecular weight excluding hydrogens is 358 g/mol. The van der Waals surface area contributed by atoms with E-state index in [1.165, 1.54) is 24.4 Å². The second-order valence-corrected chi connectivity index (χ2v) is 6.86. The van der Waals surface area contributed by atoms with Gasteiger partial charge in [0.25, 0.3) is 5.92 Å². The summed E-state index contributed by atoms with van der Waals surface area (Å²) in [5.74, 6) is -3.14. The zero-order chi connectivity index (χ0) is 16.5. The lowest BCUT2D eigenvalue weighted by Gasteiger charge is -2.34. The summed E-state index contributed by atoms with van der Waals surface area (Å²) in [6.45, 7) is 4.47. The zero-order valence-electron chi connectivity index (χ0n) is 12.6. The van der Waals surface area contributed by atoms with Crippen molar-refractivity contribution in [1.29, 1.82) is 0 Å². The molecule has 0 spiro atoms. The topological polar surface area (TPSA) is 42.4 Å². The number of carbonyl (C=O) groups is 1. The van der Waals surface area contributed by atoms with E-state index >= 15 is 0 Å². The number of halogens is 3. The molecule has 0 saturated heterocycles. The van der Waals surface area contributed by atoms with Crippen molar-refractivity contribution in [2.45, 2.75) is 32.3 Å². The Bertz CT molecular complexity index is 612. The molecule has 1 aromatic heterocycles. The van der Waals surface area contributed by atoms with Crippen LogP contribution in [0.4, 0.5) is 13.6 Å². The fourth-order valence-corrected chi connectivity index (χ4v) is 2.47. The van der Waals surface area contributed by atoms with Gasteiger partial charge in [-0.25, -0.2) is 9.78 Å². The third kappa shape index (κ3) is 4.03. The second-order valence-electron chi connectivity index (χ2n) is 6.05. The smallest absolute Gasteiger partial charge is 0.410 e. The molecule has 22 heavy (non-hydrogen) atoms. The van der Waals surface area contributed by atoms with Gasteiger partial charge < -0.3 is 4.74 Å². The third-order valence-electron chi connectivity index (χ3n) is 2.99. The highest BCUT2D eigenvalue weighted by Gasteiger charge is 2.42. The fraction of sp³-hybridized carbons (Fsp3) is 0.467. The number of hydrogen-bond acceptors (Lipinski definition) is 3. The average molecular weight is 375 g/mol. The number of ether oxygens (including phenoxy) is 1. The second kappa shape index (κ2) is 5.95. The van der Waals surface area contributed by atoms with Gasteiger partial charge in [-0.05, 0) is 54.4 Å². The minimum atomic E-state index is -3.14. The fourth-order valence-electron chi connectivity index (χ4n) is 2.10. The molecule has 120 valence electrons. The first-order valence-corrected chi connectivity index (χ1v) is 7.56. The van der Waals surface area contributed by atoms with Crippen LogP contribution in [0.3, 0.4) is 0 Å². The van der Waals surface area contributed by atoms with E-state index in [-0.39, 0.29) is 12.1 Å². The molecule has 4 nitrogen and oxygen atoms in total. The summed E-state index contributed by atoms with van der Waals surface area (Å²) >= 11 is 3.17. The molecule has 7 heteroatoms. The van der Waals surface area contributed by atoms with Crippen LogP contribution >= 0.6 is 15.9 Å². The maximum absolute atomic E-state index is 14.4. The summed E-state index contributed by atoms with van der Waals surface area (Å²) < 4.78 is 34.4. The van der Waals surface area contributed by atoms with Crippen molar-refractivity contribution in [3.8, 4) is 0 Å². The van der Waals surface area contributed by atoms with Crippen molar-refractivity contribution in [2.24, 2.45) is 0 Å². The molecule has 0 N–H and O–H groups in total. The molecule has 0 bridgehead atoms. The SMILES string of the molecule is CC(C)(C)OC(=O)N1CC=C(c2ccnc(Br)c2)C(F)(F)C1. The van der Waals surface area contributed by atoms with Gasteiger partial charge in [-0.3, -0.25) is 4.90 Å². The Morgan fingerprint density at radius 3 is 2.68 bits per heavy atom. The van der Waals surface area contributed by atoms with Gasteiger partial charge in [-0.15, -0.1) is 0 Å². The Hall–Kier alpha value is -1.50. The van der Waals surface area contributed by atoms with Crippen LogP contribution in [0.25, 0.3) is 5.57 Å². The van der Waals surface area contributed by atoms with Crippen LogP contribution in [-0.4, -0.2) is 40.6 Å². The molecule has 0 aliphatic carbocycles. The van der Waals surface area contributed by atoms with Gasteiger partial charge in [0.15, 0.2) is 0 Å². The van der Waals surface area contributed by atoms with Crippen molar-refractivity contribution in [1.82, 2.24) is 9.88 Å². The summed E-state index contributed by atoms with van der Waals surface area (Å²) in [6, 6.07) is 3.05. The van der Waals surface area contributed by atoms with Crippen molar-refractivity contribution < 1.29 is 18.3 Å². The monoisotopic (exact) mass is 374 g/mol. The molecule has 0 radical (unpaired) electrons. The number of alkyl halides is 2. The minimum Gasteiger partial charge on any atom is -0.444 e. The standard InChI is InChI=1S/C15H17BrF2N2O2/c1-14(2,3)22-13(21)20-7-5-11(15(17,18)9-20)10-4-6-19-12(16)8-10/h4-6,8H,7,9H2,1-3H3. The Kier molecular flexibility index (Phi) is 4.56. The van der Waals surface area contributed by atoms with Crippen LogP contribution in [0, 0.1) is 0 Å². The van der Waals surface area contributed by atoms with Crippen molar-refractivity contribution in [3.05, 3.63) is 34.6 Å². The zero-order valence-corrected chi connectivity index (χ0v) is 14.2. The molecule has 0 atom stereocenters. The van der Waals surface area contributed by atoms with Crippen molar-refractivity contribution in [3.63, 3.8) is 0 Å². The van der Waals surface area contributed by atoms with Crippen LogP contribution in [0.5, 0.6) is 0 Å². The van der Waals surface area contributed by atoms with E-state index in [2.05, 4.69) is 20.9 Å². The highest BCUT2D eigenvalue weighted by atomic mass is 79.9. The highest BCUT2D eigenvalue weighted by Crippen LogP contribution is 2.36. The van der Waals surface area contributed by atoms with E-state index in [4.69, 9.17) is 4.74 Å². The Morgan fingerprint density at radius 2 is 2.14 bits per heavy atom. The van der Waals surface area contributed by atoms with Gasteiger partial charge in [0.05, 0.1) is 6.54 Å². The molecule has 1 amide bonds. The first kappa shape index (κ1) is 16.9. The summed E-state index contributed by atoms with van der Waals surface area (Å²) in [4.78, 5) is 16.9. The first-order chi connectivity index (χ1) is 10.1. The average Bonchev–Trinajstić information content (AvgIpc) is 2.35. The van der Waals surface area contributed by atoms with Crippen molar-refractivity contribution >= 4 is 27.6 Å². The van der Waals surface area contributed by atoms with Gasteiger partial charge >= 0.3 is 6.09 Å². The van der Waals surface area contributed by atoms with Gasteiger partial charge in [0.1, 0.15) is 10.2 Å². The van der Waals surface area contributed by atoms with Crippen LogP contribution in [0.2, 0.25) is 0 Å². The lowest BCUT2D eigenvalue weighted by atomic mass is 9.97. The van der Waals surface area contributed by atoms with Gasteiger partial charge in [-0.1, -0.05) is 6.08 Å². The van der Waals surface area contributed by atoms with E-state index in [1.54, 1.807) is 20.8 Å². The Morgan fingerprint density at radius 1 is 1.45 bits per heavy atom. The van der Waals surface area contributed by atoms with Crippen LogP contribution < -0.4 is 0 Å². The number of rotatable bonds is 1. The molecule has 0 aromatic carbocycles. The molecule has 1 aromatic rings. The number of pyridine rings is 1. The molecule has 1 aliphatic rings. The number of amides is 1. The predicted octanol–water partition coefficient (Wildman–Crippen LogP) is 4.11.